The van der Waals surface area contributed by atoms with Crippen molar-refractivity contribution in [2.24, 2.45) is 0 Å². The van der Waals surface area contributed by atoms with Crippen LogP contribution in [0.3, 0.4) is 0 Å². The maximum atomic E-state index is 12.1. The van der Waals surface area contributed by atoms with Gasteiger partial charge in [0.15, 0.2) is 0 Å². The van der Waals surface area contributed by atoms with Crippen molar-refractivity contribution in [1.82, 2.24) is 10.2 Å². The van der Waals surface area contributed by atoms with E-state index in [1.54, 1.807) is 6.92 Å². The van der Waals surface area contributed by atoms with Crippen molar-refractivity contribution in [1.29, 1.82) is 0 Å². The molecule has 0 fully saturated rings. The minimum absolute atomic E-state index is 0.103. The molecule has 0 heterocycles. The number of nitrogens with zero attached hydrogens (tertiary/aromatic N) is 1. The van der Waals surface area contributed by atoms with E-state index in [1.807, 2.05) is 0 Å². The van der Waals surface area contributed by atoms with Gasteiger partial charge in [-0.25, -0.2) is 4.79 Å². The smallest absolute Gasteiger partial charge is 0.406 e. The number of halogens is 3. The van der Waals surface area contributed by atoms with Gasteiger partial charge >= 0.3 is 18.2 Å². The van der Waals surface area contributed by atoms with Crippen LogP contribution < -0.4 is 5.32 Å². The zero-order chi connectivity index (χ0) is 13.5. The summed E-state index contributed by atoms with van der Waals surface area (Å²) in [6.07, 6.45) is -4.46. The molecule has 1 N–H and O–H groups in total. The fraction of sp³-hybridized carbons (Fsp3) is 0.778. The number of carbonyl (C=O) groups is 2. The Balaban J connectivity index is 4.13. The summed E-state index contributed by atoms with van der Waals surface area (Å²) < 4.78 is 40.7. The quantitative estimate of drug-likeness (QED) is 0.750. The van der Waals surface area contributed by atoms with Gasteiger partial charge in [-0.2, -0.15) is 13.2 Å². The van der Waals surface area contributed by atoms with Crippen molar-refractivity contribution in [2.75, 3.05) is 26.2 Å². The van der Waals surface area contributed by atoms with E-state index >= 15 is 0 Å². The zero-order valence-corrected chi connectivity index (χ0v) is 9.63. The fourth-order valence-electron chi connectivity index (χ4n) is 1.02. The van der Waals surface area contributed by atoms with Crippen LogP contribution in [0.25, 0.3) is 0 Å². The number of nitrogens with one attached hydrogen (secondary N) is 1. The summed E-state index contributed by atoms with van der Waals surface area (Å²) in [5, 5.41) is 2.05. The number of alkyl halides is 3. The molecule has 0 atom stereocenters. The van der Waals surface area contributed by atoms with Crippen LogP contribution in [-0.2, 0) is 9.53 Å². The van der Waals surface area contributed by atoms with E-state index in [2.05, 4.69) is 10.1 Å². The summed E-state index contributed by atoms with van der Waals surface area (Å²) in [6, 6.07) is -0.946. The molecule has 0 unspecified atom stereocenters. The number of hydrogen-bond acceptors (Lipinski definition) is 3. The Labute approximate surface area is 96.9 Å². The van der Waals surface area contributed by atoms with Gasteiger partial charge in [0, 0.05) is 6.54 Å². The molecule has 5 nitrogen and oxygen atoms in total. The predicted octanol–water partition coefficient (Wildman–Crippen LogP) is 1.14. The van der Waals surface area contributed by atoms with E-state index in [1.165, 1.54) is 6.92 Å². The average Bonchev–Trinajstić information content (AvgIpc) is 2.21. The van der Waals surface area contributed by atoms with E-state index in [9.17, 15) is 22.8 Å². The second kappa shape index (κ2) is 6.97. The molecule has 0 radical (unpaired) electrons. The summed E-state index contributed by atoms with van der Waals surface area (Å²) in [7, 11) is 0. The minimum Gasteiger partial charge on any atom is -0.465 e. The molecule has 0 aromatic heterocycles. The first kappa shape index (κ1) is 15.5. The Morgan fingerprint density at radius 2 is 1.88 bits per heavy atom. The average molecular weight is 256 g/mol. The van der Waals surface area contributed by atoms with Gasteiger partial charge in [-0.3, -0.25) is 4.79 Å². The normalized spacial score (nSPS) is 10.9. The van der Waals surface area contributed by atoms with Gasteiger partial charge in [0.1, 0.15) is 13.1 Å². The summed E-state index contributed by atoms with van der Waals surface area (Å²) in [5.74, 6) is -0.691. The summed E-state index contributed by atoms with van der Waals surface area (Å²) >= 11 is 0. The third kappa shape index (κ3) is 7.42. The van der Waals surface area contributed by atoms with Gasteiger partial charge in [0.05, 0.1) is 6.61 Å². The van der Waals surface area contributed by atoms with E-state index in [0.29, 0.717) is 4.90 Å². The van der Waals surface area contributed by atoms with Crippen LogP contribution in [-0.4, -0.2) is 49.3 Å². The van der Waals surface area contributed by atoms with Crippen molar-refractivity contribution in [3.05, 3.63) is 0 Å². The standard InChI is InChI=1S/C9H15F3N2O3/c1-3-14(6-9(10,11)12)8(16)13-5-7(15)17-4-2/h3-6H2,1-2H3,(H,13,16). The molecule has 0 saturated carbocycles. The third-order valence-electron chi connectivity index (χ3n) is 1.73. The Bertz CT molecular complexity index is 269. The SMILES string of the molecule is CCOC(=O)CNC(=O)N(CC)CC(F)(F)F. The van der Waals surface area contributed by atoms with Gasteiger partial charge in [0.25, 0.3) is 0 Å². The lowest BCUT2D eigenvalue weighted by molar-refractivity contribution is -0.142. The van der Waals surface area contributed by atoms with E-state index in [0.717, 1.165) is 0 Å². The van der Waals surface area contributed by atoms with Crippen molar-refractivity contribution in [3.63, 3.8) is 0 Å². The van der Waals surface area contributed by atoms with Crippen molar-refractivity contribution in [2.45, 2.75) is 20.0 Å². The Hall–Kier alpha value is -1.47. The number of rotatable bonds is 5. The van der Waals surface area contributed by atoms with E-state index in [4.69, 9.17) is 0 Å². The first-order valence-electron chi connectivity index (χ1n) is 5.05. The summed E-state index contributed by atoms with van der Waals surface area (Å²) in [5.41, 5.74) is 0. The maximum absolute atomic E-state index is 12.1. The maximum Gasteiger partial charge on any atom is 0.406 e. The molecule has 0 aliphatic heterocycles. The molecule has 0 aliphatic carbocycles. The topological polar surface area (TPSA) is 58.6 Å². The molecule has 0 saturated heterocycles. The van der Waals surface area contributed by atoms with Crippen molar-refractivity contribution >= 4 is 12.0 Å². The molecule has 0 rings (SSSR count). The second-order valence-corrected chi connectivity index (χ2v) is 3.09. The Morgan fingerprint density at radius 1 is 1.29 bits per heavy atom. The van der Waals surface area contributed by atoms with Crippen LogP contribution >= 0.6 is 0 Å². The molecule has 100 valence electrons. The van der Waals surface area contributed by atoms with Crippen LogP contribution in [0.4, 0.5) is 18.0 Å². The highest BCUT2D eigenvalue weighted by molar-refractivity contribution is 5.80. The number of amides is 2. The molecule has 2 amide bonds. The molecule has 8 heteroatoms. The highest BCUT2D eigenvalue weighted by Gasteiger charge is 2.32. The molecule has 0 aliphatic rings. The van der Waals surface area contributed by atoms with Crippen molar-refractivity contribution in [3.8, 4) is 0 Å². The molecular formula is C9H15F3N2O3. The molecule has 17 heavy (non-hydrogen) atoms. The van der Waals surface area contributed by atoms with Crippen molar-refractivity contribution < 1.29 is 27.5 Å². The Kier molecular flexibility index (Phi) is 6.37. The largest absolute Gasteiger partial charge is 0.465 e. The summed E-state index contributed by atoms with van der Waals surface area (Å²) in [4.78, 5) is 22.7. The highest BCUT2D eigenvalue weighted by Crippen LogP contribution is 2.16. The molecular weight excluding hydrogens is 241 g/mol. The molecule has 0 bridgehead atoms. The lowest BCUT2D eigenvalue weighted by Crippen LogP contribution is -2.46. The van der Waals surface area contributed by atoms with E-state index < -0.39 is 31.3 Å². The first-order valence-corrected chi connectivity index (χ1v) is 5.05. The lowest BCUT2D eigenvalue weighted by atomic mass is 10.5. The molecule has 0 aromatic rings. The van der Waals surface area contributed by atoms with E-state index in [-0.39, 0.29) is 13.2 Å². The number of ether oxygens (including phenoxy) is 1. The van der Waals surface area contributed by atoms with Gasteiger partial charge in [-0.1, -0.05) is 0 Å². The predicted molar refractivity (Wildman–Crippen MR) is 53.3 cm³/mol. The van der Waals surface area contributed by atoms with Crippen LogP contribution in [0.2, 0.25) is 0 Å². The van der Waals surface area contributed by atoms with Gasteiger partial charge in [-0.05, 0) is 13.8 Å². The monoisotopic (exact) mass is 256 g/mol. The number of hydrogen-bond donors (Lipinski definition) is 1. The fourth-order valence-corrected chi connectivity index (χ4v) is 1.02. The number of carbonyl (C=O) groups excluding carboxylic acids is 2. The van der Waals surface area contributed by atoms with Crippen LogP contribution in [0.15, 0.2) is 0 Å². The minimum atomic E-state index is -4.46. The highest BCUT2D eigenvalue weighted by atomic mass is 19.4. The third-order valence-corrected chi connectivity index (χ3v) is 1.73. The van der Waals surface area contributed by atoms with Gasteiger partial charge in [0.2, 0.25) is 0 Å². The van der Waals surface area contributed by atoms with Crippen LogP contribution in [0, 0.1) is 0 Å². The summed E-state index contributed by atoms with van der Waals surface area (Å²) in [6.45, 7) is 1.25. The van der Waals surface area contributed by atoms with Crippen LogP contribution in [0.5, 0.6) is 0 Å². The van der Waals surface area contributed by atoms with Gasteiger partial charge in [-0.15, -0.1) is 0 Å². The number of esters is 1. The first-order chi connectivity index (χ1) is 7.80. The number of urea groups is 1. The lowest BCUT2D eigenvalue weighted by Gasteiger charge is -2.22. The second-order valence-electron chi connectivity index (χ2n) is 3.09. The van der Waals surface area contributed by atoms with Gasteiger partial charge < -0.3 is 15.0 Å². The Morgan fingerprint density at radius 3 is 2.29 bits per heavy atom. The molecule has 0 aromatic carbocycles. The molecule has 0 spiro atoms. The van der Waals surface area contributed by atoms with Crippen LogP contribution in [0.1, 0.15) is 13.8 Å². The zero-order valence-electron chi connectivity index (χ0n) is 9.63.